The second kappa shape index (κ2) is 8.49. The van der Waals surface area contributed by atoms with E-state index in [1.54, 1.807) is 6.07 Å². The van der Waals surface area contributed by atoms with E-state index in [0.29, 0.717) is 18.1 Å². The van der Waals surface area contributed by atoms with E-state index in [9.17, 15) is 4.79 Å². The maximum Gasteiger partial charge on any atom is 0.287 e. The summed E-state index contributed by atoms with van der Waals surface area (Å²) >= 11 is 0. The molecule has 0 fully saturated rings. The number of hydrogen-bond acceptors (Lipinski definition) is 3. The lowest BCUT2D eigenvalue weighted by Crippen LogP contribution is -2.30. The van der Waals surface area contributed by atoms with Crippen molar-refractivity contribution in [2.75, 3.05) is 20.1 Å². The van der Waals surface area contributed by atoms with Crippen LogP contribution in [0.1, 0.15) is 23.0 Å². The van der Waals surface area contributed by atoms with Gasteiger partial charge in [0, 0.05) is 18.7 Å². The van der Waals surface area contributed by atoms with Crippen LogP contribution in [0.2, 0.25) is 0 Å². The summed E-state index contributed by atoms with van der Waals surface area (Å²) in [7, 11) is 1.84. The first-order valence-electron chi connectivity index (χ1n) is 6.86. The topological polar surface area (TPSA) is 54.3 Å². The Hall–Kier alpha value is -1.78. The van der Waals surface area contributed by atoms with Gasteiger partial charge in [-0.2, -0.15) is 0 Å². The van der Waals surface area contributed by atoms with Crippen LogP contribution in [0.15, 0.2) is 40.8 Å². The van der Waals surface area contributed by atoms with Gasteiger partial charge >= 0.3 is 0 Å². The quantitative estimate of drug-likeness (QED) is 0.807. The number of carbonyl (C=O) groups excluding carboxylic acids is 1. The number of furan rings is 1. The Labute approximate surface area is 131 Å². The first-order valence-corrected chi connectivity index (χ1v) is 6.86. The van der Waals surface area contributed by atoms with Crippen molar-refractivity contribution >= 4 is 18.3 Å². The molecule has 1 amide bonds. The third kappa shape index (κ3) is 4.62. The highest BCUT2D eigenvalue weighted by atomic mass is 35.5. The molecular formula is C16H21ClN2O2. The molecule has 114 valence electrons. The Balaban J connectivity index is 0.00000220. The van der Waals surface area contributed by atoms with Crippen molar-refractivity contribution < 1.29 is 9.21 Å². The van der Waals surface area contributed by atoms with Crippen LogP contribution in [0.4, 0.5) is 0 Å². The molecule has 0 saturated heterocycles. The van der Waals surface area contributed by atoms with Gasteiger partial charge in [0.05, 0.1) is 0 Å². The number of benzene rings is 1. The average molecular weight is 309 g/mol. The zero-order valence-corrected chi connectivity index (χ0v) is 13.1. The highest BCUT2D eigenvalue weighted by Crippen LogP contribution is 2.22. The molecule has 0 spiro atoms. The molecule has 2 N–H and O–H groups in total. The smallest absolute Gasteiger partial charge is 0.287 e. The van der Waals surface area contributed by atoms with Crippen molar-refractivity contribution in [3.8, 4) is 11.3 Å². The van der Waals surface area contributed by atoms with Gasteiger partial charge in [0.25, 0.3) is 5.91 Å². The van der Waals surface area contributed by atoms with Gasteiger partial charge in [0.2, 0.25) is 0 Å². The first kappa shape index (κ1) is 17.3. The number of hydrogen-bond donors (Lipinski definition) is 2. The fourth-order valence-electron chi connectivity index (χ4n) is 1.91. The summed E-state index contributed by atoms with van der Waals surface area (Å²) in [5.74, 6) is 0.874. The fraction of sp³-hybridized carbons (Fsp3) is 0.312. The lowest BCUT2D eigenvalue weighted by Gasteiger charge is -2.02. The van der Waals surface area contributed by atoms with Crippen LogP contribution in [-0.2, 0) is 6.42 Å². The van der Waals surface area contributed by atoms with Crippen LogP contribution in [0, 0.1) is 0 Å². The third-order valence-electron chi connectivity index (χ3n) is 3.14. The fourth-order valence-corrected chi connectivity index (χ4v) is 1.91. The van der Waals surface area contributed by atoms with E-state index in [1.165, 1.54) is 5.56 Å². The molecule has 0 aliphatic rings. The zero-order chi connectivity index (χ0) is 14.4. The van der Waals surface area contributed by atoms with Crippen molar-refractivity contribution in [3.63, 3.8) is 0 Å². The summed E-state index contributed by atoms with van der Waals surface area (Å²) in [6, 6.07) is 11.7. The van der Waals surface area contributed by atoms with E-state index in [2.05, 4.69) is 29.7 Å². The second-order valence-electron chi connectivity index (χ2n) is 4.57. The van der Waals surface area contributed by atoms with E-state index < -0.39 is 0 Å². The van der Waals surface area contributed by atoms with Gasteiger partial charge < -0.3 is 15.1 Å². The molecule has 1 aromatic heterocycles. The van der Waals surface area contributed by atoms with Crippen molar-refractivity contribution in [1.29, 1.82) is 0 Å². The summed E-state index contributed by atoms with van der Waals surface area (Å²) in [5.41, 5.74) is 2.27. The predicted molar refractivity (Wildman–Crippen MR) is 87.0 cm³/mol. The van der Waals surface area contributed by atoms with Gasteiger partial charge in [0.15, 0.2) is 5.76 Å². The monoisotopic (exact) mass is 308 g/mol. The molecule has 0 unspecified atom stereocenters. The molecule has 0 aliphatic carbocycles. The van der Waals surface area contributed by atoms with Gasteiger partial charge in [-0.3, -0.25) is 4.79 Å². The maximum atomic E-state index is 11.8. The number of aryl methyl sites for hydroxylation is 1. The van der Waals surface area contributed by atoms with Gasteiger partial charge in [-0.15, -0.1) is 12.4 Å². The van der Waals surface area contributed by atoms with Gasteiger partial charge in [-0.1, -0.05) is 31.2 Å². The maximum absolute atomic E-state index is 11.8. The van der Waals surface area contributed by atoms with E-state index in [-0.39, 0.29) is 18.3 Å². The molecule has 5 heteroatoms. The Morgan fingerprint density at radius 3 is 2.43 bits per heavy atom. The summed E-state index contributed by atoms with van der Waals surface area (Å²) in [5, 5.41) is 5.76. The van der Waals surface area contributed by atoms with Crippen LogP contribution < -0.4 is 10.6 Å². The molecule has 0 radical (unpaired) electrons. The number of amides is 1. The molecule has 1 heterocycles. The SMILES string of the molecule is CCc1ccc(-c2ccc(C(=O)NCCNC)o2)cc1.Cl. The Morgan fingerprint density at radius 1 is 1.10 bits per heavy atom. The van der Waals surface area contributed by atoms with Gasteiger partial charge in [-0.25, -0.2) is 0 Å². The predicted octanol–water partition coefficient (Wildman–Crippen LogP) is 2.88. The zero-order valence-electron chi connectivity index (χ0n) is 12.3. The standard InChI is InChI=1S/C16H20N2O2.ClH/c1-3-12-4-6-13(7-5-12)14-8-9-15(20-14)16(19)18-11-10-17-2;/h4-9,17H,3,10-11H2,1-2H3,(H,18,19);1H. The Bertz CT molecular complexity index is 564. The number of halogens is 1. The average Bonchev–Trinajstić information content (AvgIpc) is 2.97. The van der Waals surface area contributed by atoms with E-state index in [1.807, 2.05) is 25.2 Å². The second-order valence-corrected chi connectivity index (χ2v) is 4.57. The van der Waals surface area contributed by atoms with Crippen LogP contribution in [0.25, 0.3) is 11.3 Å². The molecule has 0 aliphatic heterocycles. The molecule has 1 aromatic carbocycles. The number of nitrogens with one attached hydrogen (secondary N) is 2. The van der Waals surface area contributed by atoms with Gasteiger partial charge in [0.1, 0.15) is 5.76 Å². The highest BCUT2D eigenvalue weighted by Gasteiger charge is 2.11. The molecule has 21 heavy (non-hydrogen) atoms. The molecule has 0 saturated carbocycles. The molecule has 2 aromatic rings. The molecule has 4 nitrogen and oxygen atoms in total. The largest absolute Gasteiger partial charge is 0.451 e. The van der Waals surface area contributed by atoms with E-state index >= 15 is 0 Å². The van der Waals surface area contributed by atoms with Crippen LogP contribution in [0.3, 0.4) is 0 Å². The normalized spacial score (nSPS) is 10.0. The first-order chi connectivity index (χ1) is 9.74. The van der Waals surface area contributed by atoms with E-state index in [4.69, 9.17) is 4.42 Å². The number of carbonyl (C=O) groups is 1. The molecule has 0 bridgehead atoms. The van der Waals surface area contributed by atoms with E-state index in [0.717, 1.165) is 18.5 Å². The summed E-state index contributed by atoms with van der Waals surface area (Å²) < 4.78 is 5.60. The van der Waals surface area contributed by atoms with Crippen molar-refractivity contribution in [1.82, 2.24) is 10.6 Å². The van der Waals surface area contributed by atoms with Gasteiger partial charge in [-0.05, 0) is 31.2 Å². The summed E-state index contributed by atoms with van der Waals surface area (Å²) in [6.45, 7) is 3.43. The Kier molecular flexibility index (Phi) is 6.99. The lowest BCUT2D eigenvalue weighted by molar-refractivity contribution is 0.0927. The molecule has 0 atom stereocenters. The third-order valence-corrected chi connectivity index (χ3v) is 3.14. The van der Waals surface area contributed by atoms with Crippen LogP contribution in [-0.4, -0.2) is 26.0 Å². The minimum absolute atomic E-state index is 0. The summed E-state index contributed by atoms with van der Waals surface area (Å²) in [6.07, 6.45) is 1.01. The molecule has 2 rings (SSSR count). The van der Waals surface area contributed by atoms with Crippen LogP contribution >= 0.6 is 12.4 Å². The molecular weight excluding hydrogens is 288 g/mol. The highest BCUT2D eigenvalue weighted by molar-refractivity contribution is 5.92. The van der Waals surface area contributed by atoms with Crippen LogP contribution in [0.5, 0.6) is 0 Å². The minimum atomic E-state index is -0.184. The van der Waals surface area contributed by atoms with Crippen molar-refractivity contribution in [3.05, 3.63) is 47.7 Å². The number of rotatable bonds is 6. The minimum Gasteiger partial charge on any atom is -0.451 e. The number of likely N-dealkylation sites (N-methyl/N-ethyl adjacent to an activating group) is 1. The van der Waals surface area contributed by atoms with Crippen molar-refractivity contribution in [2.45, 2.75) is 13.3 Å². The Morgan fingerprint density at radius 2 is 1.81 bits per heavy atom. The summed E-state index contributed by atoms with van der Waals surface area (Å²) in [4.78, 5) is 11.8. The lowest BCUT2D eigenvalue weighted by atomic mass is 10.1. The van der Waals surface area contributed by atoms with Crippen molar-refractivity contribution in [2.24, 2.45) is 0 Å².